The Morgan fingerprint density at radius 2 is 2.38 bits per heavy atom. The Balaban J connectivity index is 1.88. The van der Waals surface area contributed by atoms with Crippen LogP contribution in [0.3, 0.4) is 0 Å². The van der Waals surface area contributed by atoms with Gasteiger partial charge in [0.25, 0.3) is 5.56 Å². The fourth-order valence-corrected chi connectivity index (χ4v) is 2.46. The molecule has 1 unspecified atom stereocenters. The highest BCUT2D eigenvalue weighted by atomic mass is 16.5. The topological polar surface area (TPSA) is 49.2 Å². The van der Waals surface area contributed by atoms with Crippen molar-refractivity contribution in [3.05, 3.63) is 22.2 Å². The van der Waals surface area contributed by atoms with Crippen LogP contribution in [0.25, 0.3) is 0 Å². The Kier molecular flexibility index (Phi) is 1.41. The molecule has 1 aromatic heterocycles. The summed E-state index contributed by atoms with van der Waals surface area (Å²) in [7, 11) is 0. The molecule has 4 nitrogen and oxygen atoms in total. The highest BCUT2D eigenvalue weighted by molar-refractivity contribution is 5.10. The summed E-state index contributed by atoms with van der Waals surface area (Å²) in [5.41, 5.74) is -0.114. The summed E-state index contributed by atoms with van der Waals surface area (Å²) in [5, 5.41) is 2.36. The van der Waals surface area contributed by atoms with E-state index in [9.17, 15) is 4.79 Å². The summed E-state index contributed by atoms with van der Waals surface area (Å²) in [5.74, 6) is 2.05. The first-order chi connectivity index (χ1) is 6.33. The standard InChI is InChI=1S/C9H12N2O2/c12-9-3-8(13-10-9)7-1-2-11-4-6(7)5-11/h3,6-7H,1-2,4-5H2,(H,10,12). The highest BCUT2D eigenvalue weighted by Crippen LogP contribution is 2.38. The van der Waals surface area contributed by atoms with Crippen molar-refractivity contribution in [2.75, 3.05) is 19.6 Å². The van der Waals surface area contributed by atoms with E-state index in [4.69, 9.17) is 4.52 Å². The van der Waals surface area contributed by atoms with Crippen LogP contribution in [-0.2, 0) is 0 Å². The molecule has 2 bridgehead atoms. The molecule has 0 amide bonds. The summed E-state index contributed by atoms with van der Waals surface area (Å²) >= 11 is 0. The lowest BCUT2D eigenvalue weighted by Gasteiger charge is -2.48. The zero-order valence-corrected chi connectivity index (χ0v) is 7.32. The van der Waals surface area contributed by atoms with Gasteiger partial charge in [0.2, 0.25) is 0 Å². The average molecular weight is 180 g/mol. The number of piperidine rings is 2. The van der Waals surface area contributed by atoms with E-state index in [1.807, 2.05) is 0 Å². The number of H-pyrrole nitrogens is 1. The van der Waals surface area contributed by atoms with E-state index >= 15 is 0 Å². The third kappa shape index (κ3) is 1.05. The van der Waals surface area contributed by atoms with Crippen LogP contribution >= 0.6 is 0 Å². The van der Waals surface area contributed by atoms with Crippen molar-refractivity contribution in [1.82, 2.24) is 10.1 Å². The van der Waals surface area contributed by atoms with Gasteiger partial charge in [-0.3, -0.25) is 4.79 Å². The second kappa shape index (κ2) is 2.48. The summed E-state index contributed by atoms with van der Waals surface area (Å²) in [6.07, 6.45) is 1.13. The Morgan fingerprint density at radius 3 is 2.92 bits per heavy atom. The van der Waals surface area contributed by atoms with Gasteiger partial charge >= 0.3 is 0 Å². The van der Waals surface area contributed by atoms with Crippen LogP contribution in [0.1, 0.15) is 18.1 Å². The van der Waals surface area contributed by atoms with Crippen molar-refractivity contribution in [1.29, 1.82) is 0 Å². The molecular weight excluding hydrogens is 168 g/mol. The van der Waals surface area contributed by atoms with Crippen molar-refractivity contribution in [2.45, 2.75) is 12.3 Å². The van der Waals surface area contributed by atoms with Crippen molar-refractivity contribution in [2.24, 2.45) is 5.92 Å². The minimum absolute atomic E-state index is 0.114. The van der Waals surface area contributed by atoms with Gasteiger partial charge in [-0.2, -0.15) is 5.16 Å². The maximum atomic E-state index is 10.9. The lowest BCUT2D eigenvalue weighted by Crippen LogP contribution is -2.54. The second-order valence-electron chi connectivity index (χ2n) is 4.03. The molecule has 3 aliphatic rings. The number of hydrogen-bond acceptors (Lipinski definition) is 3. The van der Waals surface area contributed by atoms with Gasteiger partial charge in [0, 0.05) is 25.1 Å². The fraction of sp³-hybridized carbons (Fsp3) is 0.667. The zero-order valence-electron chi connectivity index (χ0n) is 7.32. The number of hydrogen-bond donors (Lipinski definition) is 1. The lowest BCUT2D eigenvalue weighted by atomic mass is 9.77. The molecule has 0 aromatic carbocycles. The first kappa shape index (κ1) is 7.38. The van der Waals surface area contributed by atoms with Crippen LogP contribution in [0.5, 0.6) is 0 Å². The monoisotopic (exact) mass is 180 g/mol. The molecule has 0 radical (unpaired) electrons. The molecule has 4 heterocycles. The molecule has 3 aliphatic heterocycles. The predicted octanol–water partition coefficient (Wildman–Crippen LogP) is 0.387. The average Bonchev–Trinajstić information content (AvgIpc) is 2.50. The van der Waals surface area contributed by atoms with Gasteiger partial charge in [-0.15, -0.1) is 0 Å². The summed E-state index contributed by atoms with van der Waals surface area (Å²) < 4.78 is 5.14. The normalized spacial score (nSPS) is 37.1. The quantitative estimate of drug-likeness (QED) is 0.680. The number of aromatic nitrogens is 1. The lowest BCUT2D eigenvalue weighted by molar-refractivity contribution is 0.0203. The summed E-state index contributed by atoms with van der Waals surface area (Å²) in [4.78, 5) is 13.3. The molecule has 1 aromatic rings. The molecule has 4 rings (SSSR count). The second-order valence-corrected chi connectivity index (χ2v) is 4.03. The first-order valence-corrected chi connectivity index (χ1v) is 4.74. The van der Waals surface area contributed by atoms with Gasteiger partial charge in [-0.25, -0.2) is 0 Å². The number of rotatable bonds is 1. The Bertz CT molecular complexity index is 359. The van der Waals surface area contributed by atoms with Crippen molar-refractivity contribution in [3.63, 3.8) is 0 Å². The number of aromatic amines is 1. The molecule has 3 saturated heterocycles. The van der Waals surface area contributed by atoms with Gasteiger partial charge in [0.05, 0.1) is 0 Å². The minimum Gasteiger partial charge on any atom is -0.383 e. The zero-order chi connectivity index (χ0) is 8.84. The summed E-state index contributed by atoms with van der Waals surface area (Å²) in [6, 6.07) is 1.60. The Hall–Kier alpha value is -1.03. The summed E-state index contributed by atoms with van der Waals surface area (Å²) in [6.45, 7) is 3.51. The van der Waals surface area contributed by atoms with Crippen LogP contribution < -0.4 is 5.56 Å². The fourth-order valence-electron chi connectivity index (χ4n) is 2.46. The maximum absolute atomic E-state index is 10.9. The smallest absolute Gasteiger partial charge is 0.280 e. The first-order valence-electron chi connectivity index (χ1n) is 4.74. The molecule has 1 N–H and O–H groups in total. The minimum atomic E-state index is -0.114. The number of nitrogens with one attached hydrogen (secondary N) is 1. The largest absolute Gasteiger partial charge is 0.383 e. The van der Waals surface area contributed by atoms with Gasteiger partial charge in [0.15, 0.2) is 0 Å². The molecule has 0 spiro atoms. The van der Waals surface area contributed by atoms with Crippen LogP contribution in [0.2, 0.25) is 0 Å². The van der Waals surface area contributed by atoms with Gasteiger partial charge in [0.1, 0.15) is 5.76 Å². The van der Waals surface area contributed by atoms with Gasteiger partial charge in [-0.1, -0.05) is 0 Å². The molecule has 1 atom stereocenters. The molecule has 13 heavy (non-hydrogen) atoms. The van der Waals surface area contributed by atoms with Crippen LogP contribution in [0.15, 0.2) is 15.4 Å². The SMILES string of the molecule is O=c1cc(C2CCN3CC2C3)o[nH]1. The number of nitrogens with zero attached hydrogens (tertiary/aromatic N) is 1. The predicted molar refractivity (Wildman–Crippen MR) is 46.6 cm³/mol. The molecule has 4 heteroatoms. The van der Waals surface area contributed by atoms with Crippen molar-refractivity contribution >= 4 is 0 Å². The van der Waals surface area contributed by atoms with Crippen LogP contribution in [0.4, 0.5) is 0 Å². The van der Waals surface area contributed by atoms with E-state index in [1.54, 1.807) is 6.07 Å². The molecule has 70 valence electrons. The Labute approximate surface area is 75.5 Å². The van der Waals surface area contributed by atoms with E-state index in [0.717, 1.165) is 18.7 Å². The molecular formula is C9H12N2O2. The highest BCUT2D eigenvalue weighted by Gasteiger charge is 2.40. The van der Waals surface area contributed by atoms with E-state index in [0.29, 0.717) is 11.8 Å². The molecule has 0 aliphatic carbocycles. The van der Waals surface area contributed by atoms with Gasteiger partial charge in [-0.05, 0) is 18.9 Å². The van der Waals surface area contributed by atoms with E-state index in [1.165, 1.54) is 13.1 Å². The van der Waals surface area contributed by atoms with E-state index < -0.39 is 0 Å². The van der Waals surface area contributed by atoms with E-state index in [-0.39, 0.29) is 5.56 Å². The number of fused-ring (bicyclic) bond motifs is 2. The van der Waals surface area contributed by atoms with Crippen molar-refractivity contribution < 1.29 is 4.52 Å². The maximum Gasteiger partial charge on any atom is 0.280 e. The third-order valence-corrected chi connectivity index (χ3v) is 3.22. The third-order valence-electron chi connectivity index (χ3n) is 3.22. The van der Waals surface area contributed by atoms with Crippen LogP contribution in [0, 0.1) is 5.92 Å². The van der Waals surface area contributed by atoms with Crippen molar-refractivity contribution in [3.8, 4) is 0 Å². The molecule has 0 saturated carbocycles. The van der Waals surface area contributed by atoms with Crippen LogP contribution in [-0.4, -0.2) is 29.7 Å². The van der Waals surface area contributed by atoms with Gasteiger partial charge < -0.3 is 9.42 Å². The Morgan fingerprint density at radius 1 is 1.54 bits per heavy atom. The molecule has 3 fully saturated rings. The van der Waals surface area contributed by atoms with E-state index in [2.05, 4.69) is 10.1 Å².